The second-order valence-electron chi connectivity index (χ2n) is 10.2. The second kappa shape index (κ2) is 14.9. The van der Waals surface area contributed by atoms with Crippen LogP contribution in [-0.4, -0.2) is 65.5 Å². The summed E-state index contributed by atoms with van der Waals surface area (Å²) in [7, 11) is 0. The van der Waals surface area contributed by atoms with Crippen molar-refractivity contribution < 1.29 is 33.4 Å². The van der Waals surface area contributed by atoms with Gasteiger partial charge in [0.25, 0.3) is 0 Å². The molecule has 0 aliphatic rings. The Morgan fingerprint density at radius 3 is 2.26 bits per heavy atom. The van der Waals surface area contributed by atoms with Gasteiger partial charge in [0.15, 0.2) is 0 Å². The normalized spacial score (nSPS) is 12.7. The Morgan fingerprint density at radius 2 is 1.74 bits per heavy atom. The Balaban J connectivity index is 3.39. The summed E-state index contributed by atoms with van der Waals surface area (Å²) in [5.41, 5.74) is 5.92. The van der Waals surface area contributed by atoms with E-state index in [-0.39, 0.29) is 32.4 Å². The molecule has 0 fully saturated rings. The first-order chi connectivity index (χ1) is 17.7. The van der Waals surface area contributed by atoms with Crippen LogP contribution in [0.1, 0.15) is 78.0 Å². The largest absolute Gasteiger partial charge is 0.466 e. The summed E-state index contributed by atoms with van der Waals surface area (Å²) in [6, 6.07) is 4.40. The fourth-order valence-corrected chi connectivity index (χ4v) is 3.75. The van der Waals surface area contributed by atoms with Crippen molar-refractivity contribution in [1.29, 1.82) is 0 Å². The van der Waals surface area contributed by atoms with Crippen molar-refractivity contribution in [3.8, 4) is 0 Å². The quantitative estimate of drug-likeness (QED) is 0.328. The standard InChI is InChI=1S/C27H42N4O7/c1-8-37-22(33)14-15-29-24(34)23(19-11-9-10-18(4)16-19)31(17(2)3)25(35)20(12-13-21(28)32)30-26(36)38-27(5,6)7/h9-11,16-17,20,23H,8,12-15H2,1-7H3,(H2,28,32)(H,29,34)(H,30,36). The van der Waals surface area contributed by atoms with Gasteiger partial charge in [-0.05, 0) is 60.5 Å². The van der Waals surface area contributed by atoms with Crippen LogP contribution in [0, 0.1) is 6.92 Å². The van der Waals surface area contributed by atoms with Crippen LogP contribution in [0.5, 0.6) is 0 Å². The number of carbonyl (C=O) groups is 5. The van der Waals surface area contributed by atoms with Crippen molar-refractivity contribution in [3.05, 3.63) is 35.4 Å². The van der Waals surface area contributed by atoms with Gasteiger partial charge < -0.3 is 30.7 Å². The van der Waals surface area contributed by atoms with E-state index in [0.29, 0.717) is 5.56 Å². The molecule has 11 nitrogen and oxygen atoms in total. The lowest BCUT2D eigenvalue weighted by molar-refractivity contribution is -0.146. The molecule has 0 aliphatic carbocycles. The molecule has 212 valence electrons. The number of hydrogen-bond acceptors (Lipinski definition) is 7. The van der Waals surface area contributed by atoms with Crippen LogP contribution < -0.4 is 16.4 Å². The van der Waals surface area contributed by atoms with Gasteiger partial charge in [-0.1, -0.05) is 29.8 Å². The Labute approximate surface area is 224 Å². The van der Waals surface area contributed by atoms with Gasteiger partial charge in [-0.3, -0.25) is 19.2 Å². The van der Waals surface area contributed by atoms with E-state index in [1.165, 1.54) is 4.90 Å². The van der Waals surface area contributed by atoms with E-state index >= 15 is 0 Å². The molecule has 4 amide bonds. The topological polar surface area (TPSA) is 157 Å². The summed E-state index contributed by atoms with van der Waals surface area (Å²) in [5.74, 6) is -2.19. The van der Waals surface area contributed by atoms with Crippen molar-refractivity contribution in [2.45, 2.75) is 91.5 Å². The summed E-state index contributed by atoms with van der Waals surface area (Å²) in [4.78, 5) is 64.6. The lowest BCUT2D eigenvalue weighted by Gasteiger charge is -2.37. The van der Waals surface area contributed by atoms with Crippen molar-refractivity contribution >= 4 is 29.8 Å². The van der Waals surface area contributed by atoms with Crippen LogP contribution in [0.2, 0.25) is 0 Å². The van der Waals surface area contributed by atoms with E-state index in [1.807, 2.05) is 13.0 Å². The average molecular weight is 535 g/mol. The first kappa shape index (κ1) is 32.4. The molecule has 2 unspecified atom stereocenters. The Kier molecular flexibility index (Phi) is 12.7. The summed E-state index contributed by atoms with van der Waals surface area (Å²) in [6.45, 7) is 12.3. The zero-order valence-corrected chi connectivity index (χ0v) is 23.5. The molecule has 0 spiro atoms. The molecule has 0 saturated carbocycles. The lowest BCUT2D eigenvalue weighted by atomic mass is 9.98. The number of amides is 4. The number of nitrogens with one attached hydrogen (secondary N) is 2. The number of nitrogens with zero attached hydrogens (tertiary/aromatic N) is 1. The molecule has 0 bridgehead atoms. The molecule has 1 rings (SSSR count). The third-order valence-electron chi connectivity index (χ3n) is 5.30. The molecule has 0 saturated heterocycles. The summed E-state index contributed by atoms with van der Waals surface area (Å²) in [6.07, 6.45) is -1.12. The molecule has 38 heavy (non-hydrogen) atoms. The number of hydrogen-bond donors (Lipinski definition) is 3. The van der Waals surface area contributed by atoms with E-state index in [1.54, 1.807) is 59.7 Å². The summed E-state index contributed by atoms with van der Waals surface area (Å²) >= 11 is 0. The van der Waals surface area contributed by atoms with Crippen LogP contribution in [0.3, 0.4) is 0 Å². The first-order valence-corrected chi connectivity index (χ1v) is 12.8. The first-order valence-electron chi connectivity index (χ1n) is 12.8. The Bertz CT molecular complexity index is 988. The maximum absolute atomic E-state index is 13.9. The number of nitrogens with two attached hydrogens (primary N) is 1. The predicted octanol–water partition coefficient (Wildman–Crippen LogP) is 2.50. The maximum atomic E-state index is 13.9. The van der Waals surface area contributed by atoms with Crippen molar-refractivity contribution in [2.75, 3.05) is 13.2 Å². The van der Waals surface area contributed by atoms with Crippen LogP contribution in [0.25, 0.3) is 0 Å². The molecular formula is C27H42N4O7. The van der Waals surface area contributed by atoms with Gasteiger partial charge >= 0.3 is 12.1 Å². The Hall–Kier alpha value is -3.63. The number of alkyl carbamates (subject to hydrolysis) is 1. The van der Waals surface area contributed by atoms with Crippen LogP contribution in [0.4, 0.5) is 4.79 Å². The SMILES string of the molecule is CCOC(=O)CCNC(=O)C(c1cccc(C)c1)N(C(=O)C(CCC(N)=O)NC(=O)OC(C)(C)C)C(C)C. The van der Waals surface area contributed by atoms with Gasteiger partial charge in [0.05, 0.1) is 13.0 Å². The van der Waals surface area contributed by atoms with Crippen molar-refractivity contribution in [1.82, 2.24) is 15.5 Å². The van der Waals surface area contributed by atoms with E-state index in [0.717, 1.165) is 5.56 Å². The minimum atomic E-state index is -1.18. The highest BCUT2D eigenvalue weighted by Gasteiger charge is 2.37. The number of ether oxygens (including phenoxy) is 2. The van der Waals surface area contributed by atoms with Gasteiger partial charge in [-0.2, -0.15) is 0 Å². The third kappa shape index (κ3) is 11.2. The number of esters is 1. The molecule has 0 radical (unpaired) electrons. The molecule has 11 heteroatoms. The minimum absolute atomic E-state index is 0.0152. The van der Waals surface area contributed by atoms with Crippen molar-refractivity contribution in [3.63, 3.8) is 0 Å². The number of carbonyl (C=O) groups excluding carboxylic acids is 5. The number of primary amides is 1. The smallest absolute Gasteiger partial charge is 0.408 e. The molecule has 0 aromatic heterocycles. The highest BCUT2D eigenvalue weighted by molar-refractivity contribution is 5.92. The highest BCUT2D eigenvalue weighted by atomic mass is 16.6. The second-order valence-corrected chi connectivity index (χ2v) is 10.2. The lowest BCUT2D eigenvalue weighted by Crippen LogP contribution is -2.55. The van der Waals surface area contributed by atoms with Gasteiger partial charge in [0.2, 0.25) is 17.7 Å². The minimum Gasteiger partial charge on any atom is -0.466 e. The van der Waals surface area contributed by atoms with Gasteiger partial charge in [-0.25, -0.2) is 4.79 Å². The van der Waals surface area contributed by atoms with E-state index < -0.39 is 53.5 Å². The average Bonchev–Trinajstić information content (AvgIpc) is 2.78. The van der Waals surface area contributed by atoms with Crippen molar-refractivity contribution in [2.24, 2.45) is 5.73 Å². The highest BCUT2D eigenvalue weighted by Crippen LogP contribution is 2.26. The fourth-order valence-electron chi connectivity index (χ4n) is 3.75. The molecule has 4 N–H and O–H groups in total. The van der Waals surface area contributed by atoms with Crippen LogP contribution in [-0.2, 0) is 28.7 Å². The van der Waals surface area contributed by atoms with E-state index in [4.69, 9.17) is 15.2 Å². The summed E-state index contributed by atoms with van der Waals surface area (Å²) < 4.78 is 10.2. The molecule has 1 aromatic rings. The molecule has 1 aromatic carbocycles. The predicted molar refractivity (Wildman–Crippen MR) is 142 cm³/mol. The zero-order chi connectivity index (χ0) is 29.0. The maximum Gasteiger partial charge on any atom is 0.408 e. The molecule has 2 atom stereocenters. The molecule has 0 aliphatic heterocycles. The van der Waals surface area contributed by atoms with E-state index in [2.05, 4.69) is 10.6 Å². The van der Waals surface area contributed by atoms with Gasteiger partial charge in [0, 0.05) is 19.0 Å². The Morgan fingerprint density at radius 1 is 1.08 bits per heavy atom. The number of aryl methyl sites for hydroxylation is 1. The van der Waals surface area contributed by atoms with E-state index in [9.17, 15) is 24.0 Å². The fraction of sp³-hybridized carbons (Fsp3) is 0.593. The number of benzene rings is 1. The van der Waals surface area contributed by atoms with Crippen LogP contribution in [0.15, 0.2) is 24.3 Å². The zero-order valence-electron chi connectivity index (χ0n) is 23.5. The third-order valence-corrected chi connectivity index (χ3v) is 5.30. The van der Waals surface area contributed by atoms with Gasteiger partial charge in [0.1, 0.15) is 17.7 Å². The molecular weight excluding hydrogens is 492 g/mol. The molecule has 0 heterocycles. The monoisotopic (exact) mass is 534 g/mol. The summed E-state index contributed by atoms with van der Waals surface area (Å²) in [5, 5.41) is 5.26. The van der Waals surface area contributed by atoms with Gasteiger partial charge in [-0.15, -0.1) is 0 Å². The number of rotatable bonds is 13. The van der Waals surface area contributed by atoms with Crippen LogP contribution >= 0.6 is 0 Å².